The highest BCUT2D eigenvalue weighted by atomic mass is 32.1. The summed E-state index contributed by atoms with van der Waals surface area (Å²) < 4.78 is 6.86. The molecule has 1 aromatic heterocycles. The Bertz CT molecular complexity index is 1600. The maximum absolute atomic E-state index is 13.5. The van der Waals surface area contributed by atoms with Crippen LogP contribution in [0, 0.1) is 6.92 Å². The third-order valence-electron chi connectivity index (χ3n) is 6.21. The summed E-state index contributed by atoms with van der Waals surface area (Å²) in [5, 5.41) is 3.57. The fraction of sp³-hybridized carbons (Fsp3) is 0.103. The number of anilines is 1. The first kappa shape index (κ1) is 24.1. The van der Waals surface area contributed by atoms with Crippen molar-refractivity contribution in [1.82, 2.24) is 9.88 Å². The number of hydrogen-bond acceptors (Lipinski definition) is 5. The molecule has 0 aliphatic carbocycles. The lowest BCUT2D eigenvalue weighted by atomic mass is 10.1. The molecule has 1 aliphatic heterocycles. The molecule has 2 amide bonds. The normalized spacial score (nSPS) is 14.8. The predicted molar refractivity (Wildman–Crippen MR) is 146 cm³/mol. The number of fused-ring (bicyclic) bond motifs is 1. The van der Waals surface area contributed by atoms with Crippen LogP contribution in [0.1, 0.15) is 27.0 Å². The number of amides is 2. The van der Waals surface area contributed by atoms with E-state index in [1.807, 2.05) is 66.2 Å². The molecule has 37 heavy (non-hydrogen) atoms. The third kappa shape index (κ3) is 4.66. The molecule has 0 bridgehead atoms. The van der Waals surface area contributed by atoms with Crippen molar-refractivity contribution in [3.63, 3.8) is 0 Å². The Balaban J connectivity index is 1.54. The van der Waals surface area contributed by atoms with Crippen LogP contribution < -0.4 is 10.2 Å². The van der Waals surface area contributed by atoms with Crippen LogP contribution in [0.5, 0.6) is 0 Å². The molecular weight excluding hydrogens is 486 g/mol. The van der Waals surface area contributed by atoms with Gasteiger partial charge in [-0.1, -0.05) is 48.0 Å². The van der Waals surface area contributed by atoms with Gasteiger partial charge in [0.25, 0.3) is 11.8 Å². The highest BCUT2D eigenvalue weighted by molar-refractivity contribution is 7.80. The summed E-state index contributed by atoms with van der Waals surface area (Å²) in [5.41, 5.74) is 4.64. The van der Waals surface area contributed by atoms with Gasteiger partial charge in [0.1, 0.15) is 5.57 Å². The highest BCUT2D eigenvalue weighted by Gasteiger charge is 2.34. The summed E-state index contributed by atoms with van der Waals surface area (Å²) in [7, 11) is 1.35. The van der Waals surface area contributed by atoms with Crippen LogP contribution >= 0.6 is 12.2 Å². The lowest BCUT2D eigenvalue weighted by Crippen LogP contribution is -2.54. The first-order valence-corrected chi connectivity index (χ1v) is 12.0. The Kier molecular flexibility index (Phi) is 6.42. The van der Waals surface area contributed by atoms with Gasteiger partial charge < -0.3 is 9.30 Å². The van der Waals surface area contributed by atoms with Gasteiger partial charge in [0.15, 0.2) is 5.11 Å². The molecule has 5 rings (SSSR count). The van der Waals surface area contributed by atoms with Crippen LogP contribution in [-0.2, 0) is 20.9 Å². The predicted octanol–water partition coefficient (Wildman–Crippen LogP) is 4.62. The number of hydrogen-bond donors (Lipinski definition) is 1. The van der Waals surface area contributed by atoms with Crippen molar-refractivity contribution in [3.05, 3.63) is 107 Å². The number of rotatable bonds is 5. The SMILES string of the molecule is COC(=O)c1cccc(Cn2cc(/C=C3\C(=O)NC(=S)N(c4ccc(C)cc4)C3=O)c3ccccc32)c1. The molecule has 1 aliphatic rings. The van der Waals surface area contributed by atoms with Crippen molar-refractivity contribution in [2.75, 3.05) is 12.0 Å². The molecule has 0 spiro atoms. The lowest BCUT2D eigenvalue weighted by molar-refractivity contribution is -0.122. The zero-order valence-corrected chi connectivity index (χ0v) is 21.0. The summed E-state index contributed by atoms with van der Waals surface area (Å²) in [6.07, 6.45) is 3.50. The van der Waals surface area contributed by atoms with Crippen molar-refractivity contribution in [2.24, 2.45) is 0 Å². The molecule has 0 unspecified atom stereocenters. The van der Waals surface area contributed by atoms with E-state index >= 15 is 0 Å². The Morgan fingerprint density at radius 1 is 1.03 bits per heavy atom. The van der Waals surface area contributed by atoms with E-state index in [4.69, 9.17) is 17.0 Å². The minimum Gasteiger partial charge on any atom is -0.465 e. The fourth-order valence-electron chi connectivity index (χ4n) is 4.37. The number of ether oxygens (including phenoxy) is 1. The van der Waals surface area contributed by atoms with Crippen LogP contribution in [0.15, 0.2) is 84.6 Å². The fourth-order valence-corrected chi connectivity index (χ4v) is 4.65. The quantitative estimate of drug-likeness (QED) is 0.184. The van der Waals surface area contributed by atoms with Crippen molar-refractivity contribution in [2.45, 2.75) is 13.5 Å². The molecule has 8 heteroatoms. The third-order valence-corrected chi connectivity index (χ3v) is 6.50. The molecule has 184 valence electrons. The second-order valence-corrected chi connectivity index (χ2v) is 9.10. The number of benzene rings is 3. The van der Waals surface area contributed by atoms with E-state index in [0.717, 1.165) is 27.6 Å². The second-order valence-electron chi connectivity index (χ2n) is 8.71. The van der Waals surface area contributed by atoms with Crippen LogP contribution in [0.4, 0.5) is 5.69 Å². The number of nitrogens with one attached hydrogen (secondary N) is 1. The monoisotopic (exact) mass is 509 g/mol. The maximum atomic E-state index is 13.5. The molecule has 4 aromatic rings. The highest BCUT2D eigenvalue weighted by Crippen LogP contribution is 2.27. The number of methoxy groups -OCH3 is 1. The van der Waals surface area contributed by atoms with E-state index < -0.39 is 17.8 Å². The Hall–Kier alpha value is -4.56. The molecule has 1 N–H and O–H groups in total. The Morgan fingerprint density at radius 3 is 2.54 bits per heavy atom. The summed E-state index contributed by atoms with van der Waals surface area (Å²) in [6, 6.07) is 22.3. The molecule has 2 heterocycles. The average molecular weight is 510 g/mol. The van der Waals surface area contributed by atoms with E-state index in [0.29, 0.717) is 17.8 Å². The largest absolute Gasteiger partial charge is 0.465 e. The number of para-hydroxylation sites is 1. The van der Waals surface area contributed by atoms with E-state index in [2.05, 4.69) is 5.32 Å². The molecule has 1 fully saturated rings. The molecule has 1 saturated heterocycles. The minimum atomic E-state index is -0.541. The summed E-state index contributed by atoms with van der Waals surface area (Å²) in [6.45, 7) is 2.43. The minimum absolute atomic E-state index is 0.00948. The first-order chi connectivity index (χ1) is 17.9. The molecule has 7 nitrogen and oxygen atoms in total. The smallest absolute Gasteiger partial charge is 0.337 e. The number of carbonyl (C=O) groups is 3. The summed E-state index contributed by atoms with van der Waals surface area (Å²) in [4.78, 5) is 39.6. The van der Waals surface area contributed by atoms with Gasteiger partial charge in [-0.15, -0.1) is 0 Å². The number of aryl methyl sites for hydroxylation is 1. The number of carbonyl (C=O) groups excluding carboxylic acids is 3. The zero-order valence-electron chi connectivity index (χ0n) is 20.2. The van der Waals surface area contributed by atoms with Gasteiger partial charge in [-0.2, -0.15) is 0 Å². The zero-order chi connectivity index (χ0) is 26.1. The molecule has 0 radical (unpaired) electrons. The average Bonchev–Trinajstić information content (AvgIpc) is 3.24. The van der Waals surface area contributed by atoms with Gasteiger partial charge in [0, 0.05) is 29.2 Å². The van der Waals surface area contributed by atoms with Crippen LogP contribution in [0.3, 0.4) is 0 Å². The van der Waals surface area contributed by atoms with E-state index in [9.17, 15) is 14.4 Å². The van der Waals surface area contributed by atoms with Gasteiger partial charge in [0.05, 0.1) is 18.4 Å². The number of thiocarbonyl (C=S) groups is 1. The lowest BCUT2D eigenvalue weighted by Gasteiger charge is -2.29. The van der Waals surface area contributed by atoms with Gasteiger partial charge in [-0.05, 0) is 61.1 Å². The topological polar surface area (TPSA) is 80.6 Å². The first-order valence-electron chi connectivity index (χ1n) is 11.6. The van der Waals surface area contributed by atoms with Crippen LogP contribution in [0.25, 0.3) is 17.0 Å². The van der Waals surface area contributed by atoms with Gasteiger partial charge >= 0.3 is 5.97 Å². The molecular formula is C29H23N3O4S. The van der Waals surface area contributed by atoms with E-state index in [1.165, 1.54) is 12.0 Å². The summed E-state index contributed by atoms with van der Waals surface area (Å²) >= 11 is 5.31. The second kappa shape index (κ2) is 9.83. The maximum Gasteiger partial charge on any atom is 0.337 e. The standard InChI is InChI=1S/C29H23N3O4S/c1-18-10-12-22(13-11-18)32-27(34)24(26(33)30-29(32)37)15-21-17-31(25-9-4-3-8-23(21)25)16-19-6-5-7-20(14-19)28(35)36-2/h3-15,17H,16H2,1-2H3,(H,30,33,37)/b24-15+. The molecule has 0 saturated carbocycles. The Morgan fingerprint density at radius 2 is 1.78 bits per heavy atom. The number of esters is 1. The summed E-state index contributed by atoms with van der Waals surface area (Å²) in [5.74, 6) is -1.43. The van der Waals surface area contributed by atoms with Crippen molar-refractivity contribution in [3.8, 4) is 0 Å². The number of nitrogens with zero attached hydrogens (tertiary/aromatic N) is 2. The van der Waals surface area contributed by atoms with Gasteiger partial charge in [-0.3, -0.25) is 19.8 Å². The van der Waals surface area contributed by atoms with E-state index in [1.54, 1.807) is 30.3 Å². The van der Waals surface area contributed by atoms with Crippen molar-refractivity contribution in [1.29, 1.82) is 0 Å². The number of aromatic nitrogens is 1. The van der Waals surface area contributed by atoms with Gasteiger partial charge in [-0.25, -0.2) is 4.79 Å². The Labute approximate surface area is 219 Å². The van der Waals surface area contributed by atoms with Crippen molar-refractivity contribution < 1.29 is 19.1 Å². The molecule has 0 atom stereocenters. The van der Waals surface area contributed by atoms with Crippen LogP contribution in [0.2, 0.25) is 0 Å². The van der Waals surface area contributed by atoms with Gasteiger partial charge in [0.2, 0.25) is 0 Å². The van der Waals surface area contributed by atoms with Crippen molar-refractivity contribution >= 4 is 57.8 Å². The van der Waals surface area contributed by atoms with E-state index in [-0.39, 0.29) is 10.7 Å². The molecule has 3 aromatic carbocycles. The van der Waals surface area contributed by atoms with Crippen LogP contribution in [-0.4, -0.2) is 34.6 Å².